The second kappa shape index (κ2) is 9.55. The van der Waals surface area contributed by atoms with Gasteiger partial charge in [-0.2, -0.15) is 0 Å². The van der Waals surface area contributed by atoms with Gasteiger partial charge in [0, 0.05) is 18.3 Å². The van der Waals surface area contributed by atoms with Crippen molar-refractivity contribution in [3.8, 4) is 5.75 Å². The van der Waals surface area contributed by atoms with Crippen LogP contribution in [0.4, 0.5) is 11.4 Å². The molecule has 0 aliphatic rings. The summed E-state index contributed by atoms with van der Waals surface area (Å²) in [6.07, 6.45) is 0.573. The van der Waals surface area contributed by atoms with Gasteiger partial charge in [-0.05, 0) is 53.9 Å². The van der Waals surface area contributed by atoms with E-state index in [-0.39, 0.29) is 17.7 Å². The van der Waals surface area contributed by atoms with Crippen molar-refractivity contribution in [1.82, 2.24) is 0 Å². The predicted molar refractivity (Wildman–Crippen MR) is 115 cm³/mol. The molecule has 0 aromatic heterocycles. The molecule has 29 heavy (non-hydrogen) atoms. The van der Waals surface area contributed by atoms with E-state index in [1.54, 1.807) is 31.4 Å². The Hall–Kier alpha value is -3.60. The van der Waals surface area contributed by atoms with Crippen molar-refractivity contribution in [2.24, 2.45) is 0 Å². The van der Waals surface area contributed by atoms with Crippen LogP contribution < -0.4 is 15.4 Å². The summed E-state index contributed by atoms with van der Waals surface area (Å²) in [6.45, 7) is 1.46. The van der Waals surface area contributed by atoms with Crippen LogP contribution in [0.15, 0.2) is 78.9 Å². The van der Waals surface area contributed by atoms with Crippen LogP contribution in [0.3, 0.4) is 0 Å². The molecule has 0 aliphatic carbocycles. The molecule has 2 N–H and O–H groups in total. The molecular weight excluding hydrogens is 364 g/mol. The molecule has 3 aromatic rings. The Bertz CT molecular complexity index is 969. The molecule has 0 saturated carbocycles. The number of anilines is 2. The molecule has 3 rings (SSSR count). The summed E-state index contributed by atoms with van der Waals surface area (Å²) in [5, 5.41) is 5.70. The van der Waals surface area contributed by atoms with Gasteiger partial charge in [0.2, 0.25) is 11.8 Å². The Balaban J connectivity index is 1.82. The Labute approximate surface area is 170 Å². The molecule has 0 heterocycles. The highest BCUT2D eigenvalue weighted by molar-refractivity contribution is 5.96. The van der Waals surface area contributed by atoms with Crippen LogP contribution in [0.2, 0.25) is 0 Å². The smallest absolute Gasteiger partial charge is 0.232 e. The first-order valence-corrected chi connectivity index (χ1v) is 9.41. The minimum atomic E-state index is -0.373. The monoisotopic (exact) mass is 388 g/mol. The molecule has 5 nitrogen and oxygen atoms in total. The highest BCUT2D eigenvalue weighted by Gasteiger charge is 2.22. The van der Waals surface area contributed by atoms with Crippen molar-refractivity contribution in [2.45, 2.75) is 19.3 Å². The third-order valence-corrected chi connectivity index (χ3v) is 4.57. The second-order valence-corrected chi connectivity index (χ2v) is 6.77. The molecule has 0 fully saturated rings. The Morgan fingerprint density at radius 2 is 1.52 bits per heavy atom. The first-order valence-electron chi connectivity index (χ1n) is 9.41. The number of nitrogens with one attached hydrogen (secondary N) is 2. The molecule has 0 spiro atoms. The number of carbonyl (C=O) groups is 2. The maximum atomic E-state index is 13.2. The van der Waals surface area contributed by atoms with E-state index in [1.165, 1.54) is 6.92 Å². The van der Waals surface area contributed by atoms with Crippen LogP contribution in [0.5, 0.6) is 5.75 Å². The van der Waals surface area contributed by atoms with Crippen molar-refractivity contribution in [3.63, 3.8) is 0 Å². The number of hydrogen-bond acceptors (Lipinski definition) is 3. The van der Waals surface area contributed by atoms with Gasteiger partial charge >= 0.3 is 0 Å². The van der Waals surface area contributed by atoms with Gasteiger partial charge in [0.15, 0.2) is 0 Å². The summed E-state index contributed by atoms with van der Waals surface area (Å²) >= 11 is 0. The normalized spacial score (nSPS) is 11.4. The van der Waals surface area contributed by atoms with E-state index in [2.05, 4.69) is 10.6 Å². The lowest BCUT2D eigenvalue weighted by molar-refractivity contribution is -0.117. The number of amides is 2. The number of carbonyl (C=O) groups excluding carboxylic acids is 2. The zero-order chi connectivity index (χ0) is 20.6. The van der Waals surface area contributed by atoms with Gasteiger partial charge in [0.25, 0.3) is 0 Å². The van der Waals surface area contributed by atoms with Crippen LogP contribution in [-0.4, -0.2) is 18.9 Å². The summed E-state index contributed by atoms with van der Waals surface area (Å²) in [7, 11) is 1.61. The maximum absolute atomic E-state index is 13.2. The van der Waals surface area contributed by atoms with Gasteiger partial charge in [-0.3, -0.25) is 9.59 Å². The van der Waals surface area contributed by atoms with E-state index in [1.807, 2.05) is 54.6 Å². The van der Waals surface area contributed by atoms with E-state index in [9.17, 15) is 9.59 Å². The Morgan fingerprint density at radius 1 is 0.862 bits per heavy atom. The lowest BCUT2D eigenvalue weighted by Crippen LogP contribution is -2.23. The fourth-order valence-electron chi connectivity index (χ4n) is 3.14. The highest BCUT2D eigenvalue weighted by atomic mass is 16.5. The Kier molecular flexibility index (Phi) is 6.63. The van der Waals surface area contributed by atoms with Gasteiger partial charge in [-0.1, -0.05) is 42.5 Å². The SMILES string of the molecule is COc1cccc(C(Cc2ccccc2)C(=O)Nc2ccc(NC(C)=O)cc2)c1. The van der Waals surface area contributed by atoms with Crippen molar-refractivity contribution in [2.75, 3.05) is 17.7 Å². The summed E-state index contributed by atoms with van der Waals surface area (Å²) in [4.78, 5) is 24.3. The van der Waals surface area contributed by atoms with Crippen molar-refractivity contribution in [1.29, 1.82) is 0 Å². The molecule has 5 heteroatoms. The number of methoxy groups -OCH3 is 1. The summed E-state index contributed by atoms with van der Waals surface area (Å²) in [5.41, 5.74) is 3.33. The van der Waals surface area contributed by atoms with Gasteiger partial charge in [0.05, 0.1) is 13.0 Å². The quantitative estimate of drug-likeness (QED) is 0.621. The minimum absolute atomic E-state index is 0.102. The third kappa shape index (κ3) is 5.69. The van der Waals surface area contributed by atoms with E-state index in [0.717, 1.165) is 11.1 Å². The molecule has 0 bridgehead atoms. The molecule has 1 unspecified atom stereocenters. The number of benzene rings is 3. The lowest BCUT2D eigenvalue weighted by atomic mass is 9.91. The average molecular weight is 388 g/mol. The van der Waals surface area contributed by atoms with Crippen LogP contribution in [0.1, 0.15) is 24.0 Å². The zero-order valence-corrected chi connectivity index (χ0v) is 16.5. The summed E-state index contributed by atoms with van der Waals surface area (Å²) in [5.74, 6) is 0.104. The molecule has 0 saturated heterocycles. The summed E-state index contributed by atoms with van der Waals surface area (Å²) in [6, 6.07) is 24.6. The number of ether oxygens (including phenoxy) is 1. The van der Waals surface area contributed by atoms with Gasteiger partial charge in [0.1, 0.15) is 5.75 Å². The van der Waals surface area contributed by atoms with Crippen LogP contribution >= 0.6 is 0 Å². The van der Waals surface area contributed by atoms with Crippen molar-refractivity contribution in [3.05, 3.63) is 90.0 Å². The third-order valence-electron chi connectivity index (χ3n) is 4.57. The van der Waals surface area contributed by atoms with Gasteiger partial charge in [-0.25, -0.2) is 0 Å². The van der Waals surface area contributed by atoms with Crippen LogP contribution in [0, 0.1) is 0 Å². The first kappa shape index (κ1) is 20.1. The average Bonchev–Trinajstić information content (AvgIpc) is 2.74. The highest BCUT2D eigenvalue weighted by Crippen LogP contribution is 2.26. The van der Waals surface area contributed by atoms with Crippen LogP contribution in [-0.2, 0) is 16.0 Å². The number of hydrogen-bond donors (Lipinski definition) is 2. The second-order valence-electron chi connectivity index (χ2n) is 6.77. The Morgan fingerprint density at radius 3 is 2.14 bits per heavy atom. The van der Waals surface area contributed by atoms with Gasteiger partial charge < -0.3 is 15.4 Å². The van der Waals surface area contributed by atoms with Gasteiger partial charge in [-0.15, -0.1) is 0 Å². The minimum Gasteiger partial charge on any atom is -0.497 e. The molecule has 0 radical (unpaired) electrons. The van der Waals surface area contributed by atoms with E-state index in [0.29, 0.717) is 23.5 Å². The molecule has 2 amide bonds. The largest absolute Gasteiger partial charge is 0.497 e. The summed E-state index contributed by atoms with van der Waals surface area (Å²) < 4.78 is 5.33. The lowest BCUT2D eigenvalue weighted by Gasteiger charge is -2.18. The fraction of sp³-hybridized carbons (Fsp3) is 0.167. The van der Waals surface area contributed by atoms with E-state index < -0.39 is 0 Å². The molecular formula is C24H24N2O3. The molecule has 0 aliphatic heterocycles. The fourth-order valence-corrected chi connectivity index (χ4v) is 3.14. The van der Waals surface area contributed by atoms with Crippen molar-refractivity contribution < 1.29 is 14.3 Å². The molecule has 1 atom stereocenters. The van der Waals surface area contributed by atoms with Crippen LogP contribution in [0.25, 0.3) is 0 Å². The zero-order valence-electron chi connectivity index (χ0n) is 16.5. The topological polar surface area (TPSA) is 67.4 Å². The molecule has 148 valence electrons. The number of rotatable bonds is 7. The molecule has 3 aromatic carbocycles. The standard InChI is InChI=1S/C24H24N2O3/c1-17(27)25-20-11-13-21(14-12-20)26-24(28)23(15-18-7-4-3-5-8-18)19-9-6-10-22(16-19)29-2/h3-14,16,23H,15H2,1-2H3,(H,25,27)(H,26,28). The predicted octanol–water partition coefficient (Wildman–Crippen LogP) is 4.62. The van der Waals surface area contributed by atoms with Crippen molar-refractivity contribution >= 4 is 23.2 Å². The van der Waals surface area contributed by atoms with E-state index in [4.69, 9.17) is 4.74 Å². The maximum Gasteiger partial charge on any atom is 0.232 e. The van der Waals surface area contributed by atoms with E-state index >= 15 is 0 Å². The first-order chi connectivity index (χ1) is 14.0.